The van der Waals surface area contributed by atoms with Crippen molar-refractivity contribution >= 4 is 0 Å². The molecule has 0 saturated carbocycles. The van der Waals surface area contributed by atoms with Gasteiger partial charge in [-0.2, -0.15) is 36.4 Å². The minimum absolute atomic E-state index is 0. The van der Waals surface area contributed by atoms with Crippen LogP contribution in [-0.2, 0) is 19.8 Å². The molecule has 0 heterocycles. The molecule has 0 spiro atoms. The van der Waals surface area contributed by atoms with E-state index in [0.29, 0.717) is 0 Å². The van der Waals surface area contributed by atoms with Gasteiger partial charge in [0.05, 0.1) is 0 Å². The van der Waals surface area contributed by atoms with Gasteiger partial charge in [-0.25, -0.2) is 24.3 Å². The molecule has 0 fully saturated rings. The summed E-state index contributed by atoms with van der Waals surface area (Å²) in [4.78, 5) is 0. The Labute approximate surface area is 80.7 Å². The van der Waals surface area contributed by atoms with Crippen LogP contribution in [0, 0.1) is 0 Å². The van der Waals surface area contributed by atoms with Crippen LogP contribution < -0.4 is 0 Å². The van der Waals surface area contributed by atoms with E-state index in [2.05, 4.69) is 0 Å². The quantitative estimate of drug-likeness (QED) is 0.655. The van der Waals surface area contributed by atoms with Crippen molar-refractivity contribution in [2.24, 2.45) is 0 Å². The SMILES string of the molecule is [Os+2].c1cc[cH-]c1.c1cc[cH-]c1. The Morgan fingerprint density at radius 3 is 0.909 bits per heavy atom. The normalized spacial score (nSPS) is 7.27. The summed E-state index contributed by atoms with van der Waals surface area (Å²) in [6.45, 7) is 0. The molecule has 0 nitrogen and oxygen atoms in total. The predicted molar refractivity (Wildman–Crippen MR) is 44.1 cm³/mol. The minimum atomic E-state index is 0. The summed E-state index contributed by atoms with van der Waals surface area (Å²) in [5.41, 5.74) is 0. The third kappa shape index (κ3) is 5.76. The third-order valence-corrected chi connectivity index (χ3v) is 1.11. The Hall–Kier alpha value is -0.664. The van der Waals surface area contributed by atoms with Crippen molar-refractivity contribution in [2.45, 2.75) is 0 Å². The van der Waals surface area contributed by atoms with Crippen molar-refractivity contribution in [3.8, 4) is 0 Å². The van der Waals surface area contributed by atoms with Crippen LogP contribution >= 0.6 is 0 Å². The van der Waals surface area contributed by atoms with Gasteiger partial charge in [-0.15, -0.1) is 0 Å². The van der Waals surface area contributed by atoms with E-state index in [1.165, 1.54) is 0 Å². The molecular weight excluding hydrogens is 310 g/mol. The van der Waals surface area contributed by atoms with Gasteiger partial charge in [0.15, 0.2) is 0 Å². The van der Waals surface area contributed by atoms with E-state index in [9.17, 15) is 0 Å². The van der Waals surface area contributed by atoms with Crippen molar-refractivity contribution in [2.75, 3.05) is 0 Å². The number of rotatable bonds is 0. The molecule has 2 aromatic carbocycles. The van der Waals surface area contributed by atoms with E-state index in [1.54, 1.807) is 0 Å². The Morgan fingerprint density at radius 2 is 0.818 bits per heavy atom. The largest absolute Gasteiger partial charge is 2.00 e. The zero-order valence-electron chi connectivity index (χ0n) is 6.13. The van der Waals surface area contributed by atoms with Crippen molar-refractivity contribution in [3.05, 3.63) is 60.7 Å². The second kappa shape index (κ2) is 7.44. The Bertz CT molecular complexity index is 144. The third-order valence-electron chi connectivity index (χ3n) is 1.11. The van der Waals surface area contributed by atoms with Gasteiger partial charge in [0.1, 0.15) is 0 Å². The fourth-order valence-electron chi connectivity index (χ4n) is 0.642. The monoisotopic (exact) mass is 322 g/mol. The molecule has 0 unspecified atom stereocenters. The summed E-state index contributed by atoms with van der Waals surface area (Å²) >= 11 is 0. The van der Waals surface area contributed by atoms with Crippen LogP contribution in [0.1, 0.15) is 0 Å². The predicted octanol–water partition coefficient (Wildman–Crippen LogP) is 2.81. The number of hydrogen-bond acceptors (Lipinski definition) is 0. The van der Waals surface area contributed by atoms with Crippen LogP contribution in [0.2, 0.25) is 0 Å². The van der Waals surface area contributed by atoms with Gasteiger partial charge in [0, 0.05) is 0 Å². The second-order valence-electron chi connectivity index (χ2n) is 1.92. The fraction of sp³-hybridized carbons (Fsp3) is 0. The average Bonchev–Trinajstić information content (AvgIpc) is 2.67. The van der Waals surface area contributed by atoms with Gasteiger partial charge in [-0.3, -0.25) is 0 Å². The van der Waals surface area contributed by atoms with E-state index in [0.717, 1.165) is 0 Å². The molecule has 1 heteroatoms. The maximum Gasteiger partial charge on any atom is 2.00 e. The van der Waals surface area contributed by atoms with E-state index in [-0.39, 0.29) is 19.8 Å². The van der Waals surface area contributed by atoms with Crippen LogP contribution in [-0.4, -0.2) is 0 Å². The van der Waals surface area contributed by atoms with Gasteiger partial charge < -0.3 is 0 Å². The van der Waals surface area contributed by atoms with Gasteiger partial charge in [0.25, 0.3) is 0 Å². The summed E-state index contributed by atoms with van der Waals surface area (Å²) in [5, 5.41) is 0. The second-order valence-corrected chi connectivity index (χ2v) is 1.92. The molecule has 0 N–H and O–H groups in total. The Balaban J connectivity index is 0.000000167. The van der Waals surface area contributed by atoms with Gasteiger partial charge in [0.2, 0.25) is 0 Å². The fourth-order valence-corrected chi connectivity index (χ4v) is 0.642. The standard InChI is InChI=1S/2C5H5.Os/c2*1-2-4-5-3-1;/h2*1-5H;/q2*-1;+2. The molecule has 0 radical (unpaired) electrons. The molecule has 0 aliphatic carbocycles. The van der Waals surface area contributed by atoms with Crippen molar-refractivity contribution in [1.82, 2.24) is 0 Å². The molecular formula is C10H10Os. The molecule has 0 aromatic heterocycles. The van der Waals surface area contributed by atoms with E-state index < -0.39 is 0 Å². The molecule has 0 aliphatic rings. The van der Waals surface area contributed by atoms with E-state index >= 15 is 0 Å². The van der Waals surface area contributed by atoms with E-state index in [4.69, 9.17) is 0 Å². The topological polar surface area (TPSA) is 0 Å². The summed E-state index contributed by atoms with van der Waals surface area (Å²) in [7, 11) is 0. The maximum atomic E-state index is 2.00. The average molecular weight is 320 g/mol. The smallest absolute Gasteiger partial charge is 0.214 e. The summed E-state index contributed by atoms with van der Waals surface area (Å²) in [6, 6.07) is 20.0. The first kappa shape index (κ1) is 10.3. The maximum absolute atomic E-state index is 2.00. The van der Waals surface area contributed by atoms with Crippen LogP contribution in [0.5, 0.6) is 0 Å². The summed E-state index contributed by atoms with van der Waals surface area (Å²) in [6.07, 6.45) is 0. The molecule has 0 bridgehead atoms. The number of hydrogen-bond donors (Lipinski definition) is 0. The molecule has 2 aromatic rings. The van der Waals surface area contributed by atoms with Crippen molar-refractivity contribution < 1.29 is 19.8 Å². The van der Waals surface area contributed by atoms with Crippen molar-refractivity contribution in [3.63, 3.8) is 0 Å². The van der Waals surface area contributed by atoms with Crippen LogP contribution in [0.25, 0.3) is 0 Å². The summed E-state index contributed by atoms with van der Waals surface area (Å²) in [5.74, 6) is 0. The molecule has 0 aliphatic heterocycles. The van der Waals surface area contributed by atoms with Gasteiger partial charge in [-0.1, -0.05) is 0 Å². The zero-order chi connectivity index (χ0) is 7.07. The first-order valence-corrected chi connectivity index (χ1v) is 3.33. The molecule has 0 atom stereocenters. The minimum Gasteiger partial charge on any atom is -0.214 e. The first-order chi connectivity index (χ1) is 5.00. The van der Waals surface area contributed by atoms with Gasteiger partial charge in [-0.05, 0) is 0 Å². The first-order valence-electron chi connectivity index (χ1n) is 3.33. The molecule has 2 rings (SSSR count). The summed E-state index contributed by atoms with van der Waals surface area (Å²) < 4.78 is 0. The van der Waals surface area contributed by atoms with Gasteiger partial charge >= 0.3 is 19.8 Å². The molecule has 0 amide bonds. The Kier molecular flexibility index (Phi) is 6.99. The van der Waals surface area contributed by atoms with Crippen LogP contribution in [0.3, 0.4) is 0 Å². The van der Waals surface area contributed by atoms with Crippen LogP contribution in [0.4, 0.5) is 0 Å². The Morgan fingerprint density at radius 1 is 0.545 bits per heavy atom. The zero-order valence-corrected chi connectivity index (χ0v) is 8.67. The van der Waals surface area contributed by atoms with E-state index in [1.807, 2.05) is 60.7 Å². The molecule has 11 heavy (non-hydrogen) atoms. The van der Waals surface area contributed by atoms with Crippen LogP contribution in [0.15, 0.2) is 60.7 Å². The van der Waals surface area contributed by atoms with Crippen molar-refractivity contribution in [1.29, 1.82) is 0 Å². The molecule has 58 valence electrons. The molecule has 0 saturated heterocycles.